The van der Waals surface area contributed by atoms with E-state index in [-0.39, 0.29) is 28.3 Å². The fourth-order valence-corrected chi connectivity index (χ4v) is 3.75. The molecule has 0 atom stereocenters. The third-order valence-corrected chi connectivity index (χ3v) is 5.23. The Morgan fingerprint density at radius 3 is 2.60 bits per heavy atom. The van der Waals surface area contributed by atoms with Crippen molar-refractivity contribution in [1.82, 2.24) is 9.55 Å². The number of ether oxygens (including phenoxy) is 1. The number of hydrogen-bond donors (Lipinski definition) is 1. The van der Waals surface area contributed by atoms with Crippen molar-refractivity contribution in [2.45, 2.75) is 27.7 Å². The quantitative estimate of drug-likeness (QED) is 0.473. The third kappa shape index (κ3) is 4.46. The number of rotatable bonds is 6. The van der Waals surface area contributed by atoms with Crippen molar-refractivity contribution in [3.8, 4) is 5.69 Å². The van der Waals surface area contributed by atoms with Gasteiger partial charge in [0, 0.05) is 34.9 Å². The molecular weight excluding hydrogens is 409 g/mol. The monoisotopic (exact) mass is 429 g/mol. The zero-order valence-corrected chi connectivity index (χ0v) is 17.7. The van der Waals surface area contributed by atoms with Crippen LogP contribution in [-0.4, -0.2) is 33.8 Å². The summed E-state index contributed by atoms with van der Waals surface area (Å²) in [6.07, 6.45) is 0. The van der Waals surface area contributed by atoms with Crippen LogP contribution in [0.3, 0.4) is 0 Å². The van der Waals surface area contributed by atoms with Crippen molar-refractivity contribution in [1.29, 1.82) is 0 Å². The summed E-state index contributed by atoms with van der Waals surface area (Å²) in [6, 6.07) is 6.55. The molecule has 0 saturated heterocycles. The normalized spacial score (nSPS) is 10.7. The average Bonchev–Trinajstić information content (AvgIpc) is 3.25. The minimum atomic E-state index is -0.759. The number of benzene rings is 1. The molecule has 2 aromatic heterocycles. The molecular formula is C21H20FN3O4S. The maximum absolute atomic E-state index is 14.0. The zero-order valence-electron chi connectivity index (χ0n) is 16.9. The van der Waals surface area contributed by atoms with Crippen molar-refractivity contribution < 1.29 is 23.5 Å². The van der Waals surface area contributed by atoms with Gasteiger partial charge in [0.25, 0.3) is 0 Å². The van der Waals surface area contributed by atoms with Gasteiger partial charge in [-0.15, -0.1) is 11.3 Å². The average molecular weight is 429 g/mol. The van der Waals surface area contributed by atoms with E-state index in [1.807, 2.05) is 6.92 Å². The van der Waals surface area contributed by atoms with Gasteiger partial charge in [-0.2, -0.15) is 0 Å². The molecule has 30 heavy (non-hydrogen) atoms. The van der Waals surface area contributed by atoms with Crippen molar-refractivity contribution in [3.05, 3.63) is 63.7 Å². The van der Waals surface area contributed by atoms with Gasteiger partial charge in [0.15, 0.2) is 17.4 Å². The fraction of sp³-hybridized carbons (Fsp3) is 0.238. The zero-order chi connectivity index (χ0) is 22.0. The van der Waals surface area contributed by atoms with E-state index >= 15 is 0 Å². The van der Waals surface area contributed by atoms with Crippen LogP contribution in [0.25, 0.3) is 5.69 Å². The minimum Gasteiger partial charge on any atom is -0.453 e. The van der Waals surface area contributed by atoms with E-state index in [0.29, 0.717) is 22.5 Å². The highest BCUT2D eigenvalue weighted by atomic mass is 32.1. The molecule has 0 bridgehead atoms. The lowest BCUT2D eigenvalue weighted by Gasteiger charge is -2.11. The summed E-state index contributed by atoms with van der Waals surface area (Å²) in [5.41, 5.74) is 2.92. The molecule has 0 radical (unpaired) electrons. The molecule has 0 fully saturated rings. The number of aryl methyl sites for hydroxylation is 2. The van der Waals surface area contributed by atoms with Gasteiger partial charge in [-0.25, -0.2) is 14.2 Å². The van der Waals surface area contributed by atoms with Gasteiger partial charge in [0.1, 0.15) is 5.82 Å². The summed E-state index contributed by atoms with van der Waals surface area (Å²) in [7, 11) is 0. The summed E-state index contributed by atoms with van der Waals surface area (Å²) in [5, 5.41) is 4.19. The summed E-state index contributed by atoms with van der Waals surface area (Å²) < 4.78 is 20.8. The molecule has 3 rings (SSSR count). The van der Waals surface area contributed by atoms with Crippen LogP contribution >= 0.6 is 11.3 Å². The van der Waals surface area contributed by atoms with E-state index in [1.54, 1.807) is 36.6 Å². The van der Waals surface area contributed by atoms with E-state index in [0.717, 1.165) is 17.0 Å². The minimum absolute atomic E-state index is 0.0113. The Morgan fingerprint density at radius 2 is 1.93 bits per heavy atom. The van der Waals surface area contributed by atoms with E-state index in [2.05, 4.69) is 10.3 Å². The van der Waals surface area contributed by atoms with Crippen molar-refractivity contribution in [2.24, 2.45) is 0 Å². The highest BCUT2D eigenvalue weighted by molar-refractivity contribution is 7.14. The molecule has 1 N–H and O–H groups in total. The molecule has 1 amide bonds. The first-order chi connectivity index (χ1) is 14.2. The molecule has 0 aliphatic heterocycles. The first kappa shape index (κ1) is 21.4. The van der Waals surface area contributed by atoms with Gasteiger partial charge in [0.2, 0.25) is 11.7 Å². The second kappa shape index (κ2) is 8.58. The molecule has 0 aliphatic carbocycles. The van der Waals surface area contributed by atoms with Crippen LogP contribution in [0, 0.1) is 26.6 Å². The number of nitrogens with zero attached hydrogens (tertiary/aromatic N) is 2. The second-order valence-corrected chi connectivity index (χ2v) is 7.63. The highest BCUT2D eigenvalue weighted by Gasteiger charge is 2.20. The standard InChI is InChI=1S/C21H20FN3O4S/c1-11-5-6-15(8-17(11)22)25-12(2)7-16(13(25)3)19(27)9-29-20(28)18-10-30-21(24-18)23-14(4)26/h5-8,10H,9H2,1-4H3,(H,23,24,26). The molecule has 0 spiro atoms. The van der Waals surface area contributed by atoms with Crippen molar-refractivity contribution in [3.63, 3.8) is 0 Å². The number of amides is 1. The van der Waals surface area contributed by atoms with Gasteiger partial charge in [-0.1, -0.05) is 6.07 Å². The van der Waals surface area contributed by atoms with Crippen LogP contribution < -0.4 is 5.32 Å². The number of aromatic nitrogens is 2. The number of carbonyl (C=O) groups is 3. The van der Waals surface area contributed by atoms with Crippen LogP contribution in [0.15, 0.2) is 29.6 Å². The molecule has 0 aliphatic rings. The first-order valence-corrected chi connectivity index (χ1v) is 9.94. The number of nitrogens with one attached hydrogen (secondary N) is 1. The summed E-state index contributed by atoms with van der Waals surface area (Å²) in [5.74, 6) is -1.77. The number of anilines is 1. The molecule has 2 heterocycles. The highest BCUT2D eigenvalue weighted by Crippen LogP contribution is 2.23. The largest absolute Gasteiger partial charge is 0.453 e. The number of Topliss-reactive ketones (excluding diaryl/α,β-unsaturated/α-hetero) is 1. The van der Waals surface area contributed by atoms with Gasteiger partial charge in [-0.3, -0.25) is 9.59 Å². The van der Waals surface area contributed by atoms with E-state index < -0.39 is 12.6 Å². The molecule has 0 unspecified atom stereocenters. The van der Waals surface area contributed by atoms with Gasteiger partial charge >= 0.3 is 5.97 Å². The molecule has 9 heteroatoms. The van der Waals surface area contributed by atoms with Crippen LogP contribution in [0.1, 0.15) is 44.7 Å². The second-order valence-electron chi connectivity index (χ2n) is 6.77. The maximum atomic E-state index is 14.0. The summed E-state index contributed by atoms with van der Waals surface area (Å²) in [4.78, 5) is 39.8. The number of ketones is 1. The SMILES string of the molecule is CC(=O)Nc1nc(C(=O)OCC(=O)c2cc(C)n(-c3ccc(C)c(F)c3)c2C)cs1. The number of thiazole rings is 1. The predicted octanol–water partition coefficient (Wildman–Crippen LogP) is 4.00. The smallest absolute Gasteiger partial charge is 0.358 e. The van der Waals surface area contributed by atoms with Gasteiger partial charge < -0.3 is 14.6 Å². The number of carbonyl (C=O) groups excluding carboxylic acids is 3. The topological polar surface area (TPSA) is 90.3 Å². The Kier molecular flexibility index (Phi) is 6.12. The molecule has 1 aromatic carbocycles. The van der Waals surface area contributed by atoms with Crippen molar-refractivity contribution >= 4 is 34.1 Å². The van der Waals surface area contributed by atoms with Crippen LogP contribution in [0.4, 0.5) is 9.52 Å². The predicted molar refractivity (Wildman–Crippen MR) is 111 cm³/mol. The summed E-state index contributed by atoms with van der Waals surface area (Å²) in [6.45, 7) is 6.11. The molecule has 0 saturated carbocycles. The van der Waals surface area contributed by atoms with E-state index in [4.69, 9.17) is 4.74 Å². The molecule has 3 aromatic rings. The first-order valence-electron chi connectivity index (χ1n) is 9.06. The number of hydrogen-bond acceptors (Lipinski definition) is 6. The third-order valence-electron chi connectivity index (χ3n) is 4.48. The van der Waals surface area contributed by atoms with Crippen molar-refractivity contribution in [2.75, 3.05) is 11.9 Å². The number of esters is 1. The Labute approximate surface area is 176 Å². The lowest BCUT2D eigenvalue weighted by atomic mass is 10.1. The molecule has 156 valence electrons. The maximum Gasteiger partial charge on any atom is 0.358 e. The Hall–Kier alpha value is -3.33. The lowest BCUT2D eigenvalue weighted by Crippen LogP contribution is -2.15. The van der Waals surface area contributed by atoms with Gasteiger partial charge in [0.05, 0.1) is 0 Å². The molecule has 7 nitrogen and oxygen atoms in total. The lowest BCUT2D eigenvalue weighted by molar-refractivity contribution is -0.114. The van der Waals surface area contributed by atoms with E-state index in [1.165, 1.54) is 18.4 Å². The van der Waals surface area contributed by atoms with E-state index in [9.17, 15) is 18.8 Å². The Bertz CT molecular complexity index is 1150. The Balaban J connectivity index is 1.73. The van der Waals surface area contributed by atoms with Crippen LogP contribution in [0.5, 0.6) is 0 Å². The van der Waals surface area contributed by atoms with Crippen LogP contribution in [-0.2, 0) is 9.53 Å². The van der Waals surface area contributed by atoms with Gasteiger partial charge in [-0.05, 0) is 44.5 Å². The van der Waals surface area contributed by atoms with Crippen LogP contribution in [0.2, 0.25) is 0 Å². The fourth-order valence-electron chi connectivity index (χ4n) is 3.02. The Morgan fingerprint density at radius 1 is 1.20 bits per heavy atom. The summed E-state index contributed by atoms with van der Waals surface area (Å²) >= 11 is 1.08. The number of halogens is 1.